The topological polar surface area (TPSA) is 51.0 Å². The van der Waals surface area contributed by atoms with Crippen molar-refractivity contribution in [2.75, 3.05) is 13.6 Å². The Morgan fingerprint density at radius 3 is 2.67 bits per heavy atom. The van der Waals surface area contributed by atoms with Crippen molar-refractivity contribution in [2.45, 2.75) is 19.8 Å². The van der Waals surface area contributed by atoms with E-state index in [2.05, 4.69) is 10.1 Å². The van der Waals surface area contributed by atoms with Crippen molar-refractivity contribution >= 4 is 5.91 Å². The van der Waals surface area contributed by atoms with E-state index in [0.29, 0.717) is 17.4 Å². The molecule has 5 nitrogen and oxygen atoms in total. The van der Waals surface area contributed by atoms with Crippen molar-refractivity contribution < 1.29 is 9.18 Å². The van der Waals surface area contributed by atoms with Crippen molar-refractivity contribution in [3.8, 4) is 5.69 Å². The average molecular weight is 288 g/mol. The molecule has 110 valence electrons. The van der Waals surface area contributed by atoms with Crippen LogP contribution in [0.15, 0.2) is 24.3 Å². The third-order valence-electron chi connectivity index (χ3n) is 3.61. The van der Waals surface area contributed by atoms with E-state index in [0.717, 1.165) is 6.54 Å². The largest absolute Gasteiger partial charge is 0.339 e. The Balaban J connectivity index is 1.83. The van der Waals surface area contributed by atoms with Gasteiger partial charge in [-0.2, -0.15) is 0 Å². The Hall–Kier alpha value is -2.24. The molecule has 0 bridgehead atoms. The van der Waals surface area contributed by atoms with Crippen LogP contribution in [0.4, 0.5) is 4.39 Å². The number of amides is 1. The van der Waals surface area contributed by atoms with Crippen LogP contribution in [0.25, 0.3) is 5.69 Å². The van der Waals surface area contributed by atoms with Gasteiger partial charge in [-0.15, -0.1) is 5.10 Å². The summed E-state index contributed by atoms with van der Waals surface area (Å²) in [5.74, 6) is 0.923. The van der Waals surface area contributed by atoms with Gasteiger partial charge in [-0.05, 0) is 49.9 Å². The molecule has 6 heteroatoms. The SMILES string of the molecule is Cc1nc(C(=O)N(C)CC2CC2)nn1-c1ccc(F)cc1. The number of carbonyl (C=O) groups excluding carboxylic acids is 1. The summed E-state index contributed by atoms with van der Waals surface area (Å²) in [6, 6.07) is 5.94. The van der Waals surface area contributed by atoms with E-state index in [-0.39, 0.29) is 17.5 Å². The van der Waals surface area contributed by atoms with Crippen molar-refractivity contribution in [1.82, 2.24) is 19.7 Å². The predicted octanol–water partition coefficient (Wildman–Crippen LogP) is 2.20. The lowest BCUT2D eigenvalue weighted by Crippen LogP contribution is -2.29. The lowest BCUT2D eigenvalue weighted by atomic mass is 10.3. The minimum Gasteiger partial charge on any atom is -0.339 e. The van der Waals surface area contributed by atoms with Crippen LogP contribution in [0.5, 0.6) is 0 Å². The molecule has 1 saturated carbocycles. The van der Waals surface area contributed by atoms with Crippen LogP contribution in [0.1, 0.15) is 29.3 Å². The van der Waals surface area contributed by atoms with Gasteiger partial charge in [0, 0.05) is 13.6 Å². The summed E-state index contributed by atoms with van der Waals surface area (Å²) >= 11 is 0. The number of hydrogen-bond donors (Lipinski definition) is 0. The van der Waals surface area contributed by atoms with Crippen molar-refractivity contribution in [2.24, 2.45) is 5.92 Å². The Labute approximate surface area is 122 Å². The van der Waals surface area contributed by atoms with E-state index < -0.39 is 0 Å². The van der Waals surface area contributed by atoms with Gasteiger partial charge < -0.3 is 4.90 Å². The first-order valence-corrected chi connectivity index (χ1v) is 6.99. The highest BCUT2D eigenvalue weighted by Crippen LogP contribution is 2.29. The van der Waals surface area contributed by atoms with Gasteiger partial charge in [0.05, 0.1) is 5.69 Å². The normalized spacial score (nSPS) is 14.2. The molecule has 0 aliphatic heterocycles. The Kier molecular flexibility index (Phi) is 3.45. The summed E-state index contributed by atoms with van der Waals surface area (Å²) in [4.78, 5) is 18.2. The molecule has 1 amide bonds. The lowest BCUT2D eigenvalue weighted by Gasteiger charge is -2.14. The molecule has 21 heavy (non-hydrogen) atoms. The highest BCUT2D eigenvalue weighted by atomic mass is 19.1. The fourth-order valence-corrected chi connectivity index (χ4v) is 2.25. The summed E-state index contributed by atoms with van der Waals surface area (Å²) in [6.07, 6.45) is 2.38. The van der Waals surface area contributed by atoms with E-state index in [1.54, 1.807) is 35.7 Å². The fraction of sp³-hybridized carbons (Fsp3) is 0.400. The van der Waals surface area contributed by atoms with Crippen LogP contribution in [0, 0.1) is 18.7 Å². The van der Waals surface area contributed by atoms with Crippen LogP contribution in [-0.4, -0.2) is 39.2 Å². The van der Waals surface area contributed by atoms with E-state index in [9.17, 15) is 9.18 Å². The number of halogens is 1. The van der Waals surface area contributed by atoms with Gasteiger partial charge in [0.25, 0.3) is 5.91 Å². The highest BCUT2D eigenvalue weighted by molar-refractivity contribution is 5.90. The molecule has 0 N–H and O–H groups in total. The first-order valence-electron chi connectivity index (χ1n) is 6.99. The summed E-state index contributed by atoms with van der Waals surface area (Å²) in [6.45, 7) is 2.52. The number of nitrogens with zero attached hydrogens (tertiary/aromatic N) is 4. The maximum Gasteiger partial charge on any atom is 0.293 e. The minimum atomic E-state index is -0.308. The van der Waals surface area contributed by atoms with Gasteiger partial charge in [-0.3, -0.25) is 4.79 Å². The third-order valence-corrected chi connectivity index (χ3v) is 3.61. The number of benzene rings is 1. The molecule has 1 fully saturated rings. The molecule has 1 aromatic carbocycles. The van der Waals surface area contributed by atoms with Crippen molar-refractivity contribution in [3.05, 3.63) is 41.7 Å². The molecule has 1 aliphatic carbocycles. The van der Waals surface area contributed by atoms with Crippen LogP contribution >= 0.6 is 0 Å². The Bertz CT molecular complexity index is 661. The first kappa shape index (κ1) is 13.7. The van der Waals surface area contributed by atoms with Gasteiger partial charge in [0.2, 0.25) is 5.82 Å². The number of rotatable bonds is 4. The maximum atomic E-state index is 13.0. The van der Waals surface area contributed by atoms with E-state index >= 15 is 0 Å². The predicted molar refractivity (Wildman–Crippen MR) is 75.7 cm³/mol. The van der Waals surface area contributed by atoms with Crippen LogP contribution in [0.2, 0.25) is 0 Å². The molecule has 1 aliphatic rings. The maximum absolute atomic E-state index is 13.0. The zero-order valence-electron chi connectivity index (χ0n) is 12.1. The summed E-state index contributed by atoms with van der Waals surface area (Å²) in [5.41, 5.74) is 0.685. The second-order valence-electron chi connectivity index (χ2n) is 5.50. The molecular weight excluding hydrogens is 271 g/mol. The third kappa shape index (κ3) is 2.94. The van der Waals surface area contributed by atoms with Crippen LogP contribution in [-0.2, 0) is 0 Å². The molecule has 2 aromatic rings. The molecule has 0 saturated heterocycles. The summed E-state index contributed by atoms with van der Waals surface area (Å²) < 4.78 is 14.5. The molecule has 0 radical (unpaired) electrons. The quantitative estimate of drug-likeness (QED) is 0.866. The molecule has 0 spiro atoms. The van der Waals surface area contributed by atoms with E-state index in [1.165, 1.54) is 25.0 Å². The Morgan fingerprint density at radius 2 is 2.05 bits per heavy atom. The molecule has 0 atom stereocenters. The second-order valence-corrected chi connectivity index (χ2v) is 5.50. The van der Waals surface area contributed by atoms with Crippen LogP contribution in [0.3, 0.4) is 0 Å². The second kappa shape index (κ2) is 5.27. The molecule has 0 unspecified atom stereocenters. The first-order chi connectivity index (χ1) is 10.0. The van der Waals surface area contributed by atoms with Gasteiger partial charge in [-0.1, -0.05) is 0 Å². The van der Waals surface area contributed by atoms with E-state index in [4.69, 9.17) is 0 Å². The van der Waals surface area contributed by atoms with Crippen molar-refractivity contribution in [1.29, 1.82) is 0 Å². The van der Waals surface area contributed by atoms with Crippen LogP contribution < -0.4 is 0 Å². The highest BCUT2D eigenvalue weighted by Gasteiger charge is 2.27. The standard InChI is InChI=1S/C15H17FN4O/c1-10-17-14(15(21)19(2)9-11-3-4-11)18-20(10)13-7-5-12(16)6-8-13/h5-8,11H,3-4,9H2,1-2H3. The monoisotopic (exact) mass is 288 g/mol. The van der Waals surface area contributed by atoms with Gasteiger partial charge in [-0.25, -0.2) is 14.1 Å². The van der Waals surface area contributed by atoms with E-state index in [1.807, 2.05) is 0 Å². The summed E-state index contributed by atoms with van der Waals surface area (Å²) in [7, 11) is 1.77. The molecule has 1 heterocycles. The zero-order valence-corrected chi connectivity index (χ0v) is 12.1. The van der Waals surface area contributed by atoms with Gasteiger partial charge in [0.15, 0.2) is 0 Å². The number of carbonyl (C=O) groups is 1. The molecule has 1 aromatic heterocycles. The Morgan fingerprint density at radius 1 is 1.38 bits per heavy atom. The average Bonchev–Trinajstić information content (AvgIpc) is 3.19. The zero-order chi connectivity index (χ0) is 15.0. The lowest BCUT2D eigenvalue weighted by molar-refractivity contribution is 0.0776. The minimum absolute atomic E-state index is 0.175. The molecular formula is C15H17FN4O. The number of aromatic nitrogens is 3. The summed E-state index contributed by atoms with van der Waals surface area (Å²) in [5, 5.41) is 4.25. The fourth-order valence-electron chi connectivity index (χ4n) is 2.25. The van der Waals surface area contributed by atoms with Gasteiger partial charge >= 0.3 is 0 Å². The van der Waals surface area contributed by atoms with Gasteiger partial charge in [0.1, 0.15) is 11.6 Å². The number of hydrogen-bond acceptors (Lipinski definition) is 3. The smallest absolute Gasteiger partial charge is 0.293 e. The van der Waals surface area contributed by atoms with Crippen molar-refractivity contribution in [3.63, 3.8) is 0 Å². The number of aryl methyl sites for hydroxylation is 1. The molecule has 3 rings (SSSR count).